The average molecular weight is 236 g/mol. The average Bonchev–Trinajstić information content (AvgIpc) is 2.58. The summed E-state index contributed by atoms with van der Waals surface area (Å²) >= 11 is 5.95. The smallest absolute Gasteiger partial charge is 0.143 e. The Kier molecular flexibility index (Phi) is 2.58. The molecule has 0 amide bonds. The van der Waals surface area contributed by atoms with Crippen molar-refractivity contribution in [1.29, 1.82) is 0 Å². The molecule has 0 spiro atoms. The van der Waals surface area contributed by atoms with Crippen molar-refractivity contribution in [3.8, 4) is 11.8 Å². The van der Waals surface area contributed by atoms with Crippen LogP contribution in [-0.4, -0.2) is 25.7 Å². The van der Waals surface area contributed by atoms with Gasteiger partial charge in [0.1, 0.15) is 22.7 Å². The predicted molar refractivity (Wildman–Crippen MR) is 62.1 cm³/mol. The Morgan fingerprint density at radius 1 is 1.44 bits per heavy atom. The molecular formula is C11H10ClN3O. The highest BCUT2D eigenvalue weighted by atomic mass is 35.5. The molecule has 2 aromatic heterocycles. The van der Waals surface area contributed by atoms with Crippen molar-refractivity contribution in [3.63, 3.8) is 0 Å². The molecule has 82 valence electrons. The van der Waals surface area contributed by atoms with Gasteiger partial charge in [0.05, 0.1) is 10.9 Å². The van der Waals surface area contributed by atoms with Gasteiger partial charge in [0.2, 0.25) is 0 Å². The molecule has 2 rings (SSSR count). The van der Waals surface area contributed by atoms with Gasteiger partial charge in [-0.1, -0.05) is 23.4 Å². The summed E-state index contributed by atoms with van der Waals surface area (Å²) in [4.78, 5) is 10.9. The summed E-state index contributed by atoms with van der Waals surface area (Å²) in [5.74, 6) is 5.57. The highest BCUT2D eigenvalue weighted by molar-refractivity contribution is 6.34. The molecule has 4 nitrogen and oxygen atoms in total. The van der Waals surface area contributed by atoms with E-state index in [2.05, 4.69) is 26.8 Å². The van der Waals surface area contributed by atoms with Gasteiger partial charge < -0.3 is 10.1 Å². The van der Waals surface area contributed by atoms with E-state index in [1.165, 1.54) is 6.33 Å². The van der Waals surface area contributed by atoms with Crippen LogP contribution in [0.5, 0.6) is 0 Å². The topological polar surface area (TPSA) is 61.8 Å². The Bertz CT molecular complexity index is 587. The van der Waals surface area contributed by atoms with Crippen molar-refractivity contribution in [2.45, 2.75) is 19.4 Å². The summed E-state index contributed by atoms with van der Waals surface area (Å²) < 4.78 is 0. The van der Waals surface area contributed by atoms with Gasteiger partial charge >= 0.3 is 0 Å². The summed E-state index contributed by atoms with van der Waals surface area (Å²) in [7, 11) is 0. The minimum absolute atomic E-state index is 0.353. The summed E-state index contributed by atoms with van der Waals surface area (Å²) in [5.41, 5.74) is 0.286. The molecular weight excluding hydrogens is 226 g/mol. The fourth-order valence-corrected chi connectivity index (χ4v) is 1.48. The van der Waals surface area contributed by atoms with E-state index < -0.39 is 5.60 Å². The van der Waals surface area contributed by atoms with Crippen molar-refractivity contribution >= 4 is 22.6 Å². The molecule has 5 heteroatoms. The second-order valence-electron chi connectivity index (χ2n) is 3.90. The highest BCUT2D eigenvalue weighted by Gasteiger charge is 2.09. The SMILES string of the molecule is CC(C)(O)C#Cc1c[nH]c2ncnc(Cl)c12. The Morgan fingerprint density at radius 3 is 2.88 bits per heavy atom. The highest BCUT2D eigenvalue weighted by Crippen LogP contribution is 2.22. The third-order valence-electron chi connectivity index (χ3n) is 1.93. The molecule has 2 heterocycles. The van der Waals surface area contributed by atoms with Crippen molar-refractivity contribution < 1.29 is 5.11 Å². The minimum atomic E-state index is -1.04. The molecule has 0 aromatic carbocycles. The monoisotopic (exact) mass is 235 g/mol. The van der Waals surface area contributed by atoms with Crippen molar-refractivity contribution in [2.24, 2.45) is 0 Å². The van der Waals surface area contributed by atoms with E-state index in [0.717, 1.165) is 0 Å². The zero-order chi connectivity index (χ0) is 11.8. The Morgan fingerprint density at radius 2 is 2.19 bits per heavy atom. The molecule has 0 atom stereocenters. The largest absolute Gasteiger partial charge is 0.378 e. The van der Waals surface area contributed by atoms with Gasteiger partial charge in [-0.15, -0.1) is 0 Å². The van der Waals surface area contributed by atoms with Gasteiger partial charge in [-0.2, -0.15) is 0 Å². The maximum atomic E-state index is 9.51. The Labute approximate surface area is 97.7 Å². The zero-order valence-corrected chi connectivity index (χ0v) is 9.63. The van der Waals surface area contributed by atoms with E-state index >= 15 is 0 Å². The van der Waals surface area contributed by atoms with E-state index in [1.54, 1.807) is 20.0 Å². The number of aromatic nitrogens is 3. The fraction of sp³-hybridized carbons (Fsp3) is 0.273. The molecule has 0 saturated carbocycles. The van der Waals surface area contributed by atoms with Gasteiger partial charge in [-0.3, -0.25) is 0 Å². The standard InChI is InChI=1S/C11H10ClN3O/c1-11(2,16)4-3-7-5-13-10-8(7)9(12)14-6-15-10/h5-6,16H,1-2H3,(H,13,14,15). The molecule has 0 unspecified atom stereocenters. The first-order valence-electron chi connectivity index (χ1n) is 4.70. The minimum Gasteiger partial charge on any atom is -0.378 e. The second kappa shape index (κ2) is 3.78. The van der Waals surface area contributed by atoms with E-state index in [4.69, 9.17) is 11.6 Å². The lowest BCUT2D eigenvalue weighted by Crippen LogP contribution is -2.14. The third kappa shape index (κ3) is 2.16. The van der Waals surface area contributed by atoms with E-state index in [0.29, 0.717) is 21.7 Å². The molecule has 16 heavy (non-hydrogen) atoms. The normalized spacial score (nSPS) is 11.2. The zero-order valence-electron chi connectivity index (χ0n) is 8.87. The first kappa shape index (κ1) is 10.9. The summed E-state index contributed by atoms with van der Waals surface area (Å²) in [6, 6.07) is 0. The van der Waals surface area contributed by atoms with Crippen LogP contribution in [0.1, 0.15) is 19.4 Å². The number of nitrogens with one attached hydrogen (secondary N) is 1. The van der Waals surface area contributed by atoms with Crippen molar-refractivity contribution in [3.05, 3.63) is 23.2 Å². The maximum absolute atomic E-state index is 9.51. The molecule has 0 saturated heterocycles. The predicted octanol–water partition coefficient (Wildman–Crippen LogP) is 1.73. The number of nitrogens with zero attached hydrogens (tertiary/aromatic N) is 2. The second-order valence-corrected chi connectivity index (χ2v) is 4.26. The van der Waals surface area contributed by atoms with Crippen LogP contribution in [0.2, 0.25) is 5.15 Å². The number of aromatic amines is 1. The summed E-state index contributed by atoms with van der Waals surface area (Å²) in [6.45, 7) is 3.24. The van der Waals surface area contributed by atoms with E-state index in [-0.39, 0.29) is 0 Å². The lowest BCUT2D eigenvalue weighted by molar-refractivity contribution is 0.143. The van der Waals surface area contributed by atoms with Crippen LogP contribution in [0.4, 0.5) is 0 Å². The third-order valence-corrected chi connectivity index (χ3v) is 2.21. The van der Waals surface area contributed by atoms with Crippen LogP contribution in [0.3, 0.4) is 0 Å². The van der Waals surface area contributed by atoms with Crippen LogP contribution in [0.25, 0.3) is 11.0 Å². The Hall–Kier alpha value is -1.57. The molecule has 0 aliphatic heterocycles. The molecule has 0 aliphatic rings. The van der Waals surface area contributed by atoms with Crippen LogP contribution in [0, 0.1) is 11.8 Å². The van der Waals surface area contributed by atoms with Crippen molar-refractivity contribution in [1.82, 2.24) is 15.0 Å². The molecule has 0 bridgehead atoms. The van der Waals surface area contributed by atoms with Crippen LogP contribution < -0.4 is 0 Å². The number of hydrogen-bond donors (Lipinski definition) is 2. The van der Waals surface area contributed by atoms with Gasteiger partial charge in [-0.05, 0) is 13.8 Å². The van der Waals surface area contributed by atoms with E-state index in [9.17, 15) is 5.11 Å². The van der Waals surface area contributed by atoms with Gasteiger partial charge in [0.15, 0.2) is 0 Å². The number of rotatable bonds is 0. The van der Waals surface area contributed by atoms with E-state index in [1.807, 2.05) is 0 Å². The van der Waals surface area contributed by atoms with Gasteiger partial charge in [-0.25, -0.2) is 9.97 Å². The summed E-state index contributed by atoms with van der Waals surface area (Å²) in [5, 5.41) is 10.5. The van der Waals surface area contributed by atoms with Crippen molar-refractivity contribution in [2.75, 3.05) is 0 Å². The summed E-state index contributed by atoms with van der Waals surface area (Å²) in [6.07, 6.45) is 3.08. The number of halogens is 1. The first-order chi connectivity index (χ1) is 7.47. The van der Waals surface area contributed by atoms with Gasteiger partial charge in [0, 0.05) is 6.20 Å². The molecule has 0 fully saturated rings. The maximum Gasteiger partial charge on any atom is 0.143 e. The van der Waals surface area contributed by atoms with Crippen LogP contribution in [0.15, 0.2) is 12.5 Å². The fourth-order valence-electron chi connectivity index (χ4n) is 1.24. The quantitative estimate of drug-likeness (QED) is 0.540. The lowest BCUT2D eigenvalue weighted by atomic mass is 10.1. The van der Waals surface area contributed by atoms with Gasteiger partial charge in [0.25, 0.3) is 0 Å². The number of fused-ring (bicyclic) bond motifs is 1. The molecule has 2 aromatic rings. The lowest BCUT2D eigenvalue weighted by Gasteiger charge is -2.05. The first-order valence-corrected chi connectivity index (χ1v) is 5.08. The number of hydrogen-bond acceptors (Lipinski definition) is 3. The Balaban J connectivity index is 2.57. The number of H-pyrrole nitrogens is 1. The van der Waals surface area contributed by atoms with Crippen LogP contribution in [-0.2, 0) is 0 Å². The molecule has 2 N–H and O–H groups in total. The van der Waals surface area contributed by atoms with Crippen LogP contribution >= 0.6 is 11.6 Å². The number of aliphatic hydroxyl groups is 1. The molecule has 0 radical (unpaired) electrons. The molecule has 0 aliphatic carbocycles.